The molecule has 5 nitrogen and oxygen atoms in total. The highest BCUT2D eigenvalue weighted by atomic mass is 16.5. The van der Waals surface area contributed by atoms with Gasteiger partial charge in [0.2, 0.25) is 11.7 Å². The van der Waals surface area contributed by atoms with Crippen LogP contribution in [0, 0.1) is 5.92 Å². The van der Waals surface area contributed by atoms with Crippen molar-refractivity contribution in [3.63, 3.8) is 0 Å². The summed E-state index contributed by atoms with van der Waals surface area (Å²) in [6.45, 7) is 1.55. The smallest absolute Gasteiger partial charge is 0.227 e. The molecule has 1 aliphatic carbocycles. The average molecular weight is 224 g/mol. The first-order valence-corrected chi connectivity index (χ1v) is 5.55. The molecule has 1 unspecified atom stereocenters. The van der Waals surface area contributed by atoms with E-state index < -0.39 is 0 Å². The minimum atomic E-state index is -0.0465. The van der Waals surface area contributed by atoms with E-state index in [0.717, 1.165) is 12.8 Å². The van der Waals surface area contributed by atoms with E-state index in [-0.39, 0.29) is 11.9 Å². The van der Waals surface area contributed by atoms with Gasteiger partial charge in [-0.25, -0.2) is 0 Å². The van der Waals surface area contributed by atoms with Gasteiger partial charge in [0.05, 0.1) is 0 Å². The number of hydrogen-bond acceptors (Lipinski definition) is 5. The molecule has 1 saturated carbocycles. The van der Waals surface area contributed by atoms with Gasteiger partial charge in [0.1, 0.15) is 11.9 Å². The van der Waals surface area contributed by atoms with Gasteiger partial charge >= 0.3 is 0 Å². The largest absolute Gasteiger partial charge is 0.373 e. The van der Waals surface area contributed by atoms with Crippen LogP contribution in [-0.2, 0) is 16.0 Å². The molecule has 2 rings (SSSR count). The van der Waals surface area contributed by atoms with E-state index in [1.165, 1.54) is 0 Å². The molecule has 0 spiro atoms. The Hall–Kier alpha value is -1.23. The van der Waals surface area contributed by atoms with Crippen LogP contribution in [0.2, 0.25) is 0 Å². The fourth-order valence-electron chi connectivity index (χ4n) is 1.68. The van der Waals surface area contributed by atoms with Crippen molar-refractivity contribution < 1.29 is 14.1 Å². The second-order valence-electron chi connectivity index (χ2n) is 4.24. The van der Waals surface area contributed by atoms with Crippen LogP contribution in [-0.4, -0.2) is 23.0 Å². The molecule has 1 aromatic rings. The summed E-state index contributed by atoms with van der Waals surface area (Å²) in [6.07, 6.45) is 3.24. The molecule has 5 heteroatoms. The Balaban J connectivity index is 1.97. The Morgan fingerprint density at radius 1 is 1.62 bits per heavy atom. The van der Waals surface area contributed by atoms with Gasteiger partial charge in [-0.15, -0.1) is 0 Å². The first kappa shape index (κ1) is 11.3. The van der Waals surface area contributed by atoms with Crippen molar-refractivity contribution in [3.05, 3.63) is 11.7 Å². The summed E-state index contributed by atoms with van der Waals surface area (Å²) in [5.74, 6) is 1.80. The number of aryl methyl sites for hydroxylation is 1. The zero-order valence-corrected chi connectivity index (χ0v) is 9.60. The number of rotatable bonds is 6. The van der Waals surface area contributed by atoms with Crippen LogP contribution in [0.3, 0.4) is 0 Å². The molecule has 1 heterocycles. The van der Waals surface area contributed by atoms with Crippen molar-refractivity contribution in [2.75, 3.05) is 7.11 Å². The maximum absolute atomic E-state index is 10.8. The zero-order chi connectivity index (χ0) is 11.5. The number of methoxy groups -OCH3 is 1. The maximum atomic E-state index is 10.8. The fourth-order valence-corrected chi connectivity index (χ4v) is 1.68. The summed E-state index contributed by atoms with van der Waals surface area (Å²) in [6, 6.07) is 0. The molecular weight excluding hydrogens is 208 g/mol. The summed E-state index contributed by atoms with van der Waals surface area (Å²) in [5.41, 5.74) is 0. The molecule has 0 aliphatic heterocycles. The summed E-state index contributed by atoms with van der Waals surface area (Å²) in [4.78, 5) is 15.1. The first-order valence-electron chi connectivity index (χ1n) is 5.55. The van der Waals surface area contributed by atoms with Crippen LogP contribution in [0.25, 0.3) is 0 Å². The molecule has 0 saturated heterocycles. The van der Waals surface area contributed by atoms with Crippen molar-refractivity contribution in [1.82, 2.24) is 10.1 Å². The Labute approximate surface area is 94.2 Å². The lowest BCUT2D eigenvalue weighted by Crippen LogP contribution is -2.06. The molecule has 0 amide bonds. The third-order valence-electron chi connectivity index (χ3n) is 2.73. The monoisotopic (exact) mass is 224 g/mol. The molecule has 0 N–H and O–H groups in total. The van der Waals surface area contributed by atoms with E-state index in [9.17, 15) is 4.79 Å². The van der Waals surface area contributed by atoms with Crippen LogP contribution < -0.4 is 0 Å². The van der Waals surface area contributed by atoms with Gasteiger partial charge in [0.25, 0.3) is 0 Å². The minimum absolute atomic E-state index is 0.0465. The fraction of sp³-hybridized carbons (Fsp3) is 0.727. The van der Waals surface area contributed by atoms with E-state index >= 15 is 0 Å². The molecule has 1 aromatic heterocycles. The average Bonchev–Trinajstić information content (AvgIpc) is 2.96. The van der Waals surface area contributed by atoms with E-state index in [1.54, 1.807) is 14.0 Å². The van der Waals surface area contributed by atoms with Gasteiger partial charge in [0, 0.05) is 20.0 Å². The van der Waals surface area contributed by atoms with Crippen molar-refractivity contribution in [3.8, 4) is 0 Å². The third-order valence-corrected chi connectivity index (χ3v) is 2.73. The highest BCUT2D eigenvalue weighted by Gasteiger charge is 2.35. The Kier molecular flexibility index (Phi) is 3.33. The van der Waals surface area contributed by atoms with Crippen LogP contribution in [0.15, 0.2) is 4.52 Å². The Morgan fingerprint density at radius 3 is 2.94 bits per heavy atom. The van der Waals surface area contributed by atoms with Gasteiger partial charge in [0.15, 0.2) is 0 Å². The van der Waals surface area contributed by atoms with Gasteiger partial charge in [-0.3, -0.25) is 0 Å². The molecule has 0 bridgehead atoms. The molecule has 16 heavy (non-hydrogen) atoms. The molecule has 0 radical (unpaired) electrons. The van der Waals surface area contributed by atoms with Crippen molar-refractivity contribution in [1.29, 1.82) is 0 Å². The number of nitrogens with zero attached hydrogens (tertiary/aromatic N) is 2. The summed E-state index contributed by atoms with van der Waals surface area (Å²) < 4.78 is 10.4. The van der Waals surface area contributed by atoms with Gasteiger partial charge in [-0.05, 0) is 25.7 Å². The van der Waals surface area contributed by atoms with E-state index in [0.29, 0.717) is 30.5 Å². The van der Waals surface area contributed by atoms with Gasteiger partial charge in [-0.1, -0.05) is 5.16 Å². The number of hydrogen-bond donors (Lipinski definition) is 0. The summed E-state index contributed by atoms with van der Waals surface area (Å²) in [7, 11) is 1.66. The molecule has 1 aliphatic rings. The highest BCUT2D eigenvalue weighted by molar-refractivity contribution is 5.75. The number of Topliss-reactive ketones (excluding diaryl/α,β-unsaturated/α-hetero) is 1. The van der Waals surface area contributed by atoms with Crippen molar-refractivity contribution in [2.24, 2.45) is 5.92 Å². The first-order chi connectivity index (χ1) is 7.70. The predicted octanol–water partition coefficient (Wildman–Crippen LogP) is 1.69. The maximum Gasteiger partial charge on any atom is 0.227 e. The lowest BCUT2D eigenvalue weighted by Gasteiger charge is -2.08. The predicted molar refractivity (Wildman–Crippen MR) is 55.8 cm³/mol. The number of ether oxygens (including phenoxy) is 1. The standard InChI is InChI=1S/C11H16N2O3/c1-7(14)3-6-9-12-11(13-16-9)10(15-2)8-4-5-8/h8,10H,3-6H2,1-2H3. The van der Waals surface area contributed by atoms with E-state index in [2.05, 4.69) is 10.1 Å². The van der Waals surface area contributed by atoms with Crippen molar-refractivity contribution in [2.45, 2.75) is 38.7 Å². The summed E-state index contributed by atoms with van der Waals surface area (Å²) in [5, 5.41) is 3.90. The van der Waals surface area contributed by atoms with Gasteiger partial charge in [-0.2, -0.15) is 4.98 Å². The lowest BCUT2D eigenvalue weighted by atomic mass is 10.2. The lowest BCUT2D eigenvalue weighted by molar-refractivity contribution is -0.117. The second kappa shape index (κ2) is 4.74. The SMILES string of the molecule is COC(c1noc(CCC(C)=O)n1)C1CC1. The number of aromatic nitrogens is 2. The summed E-state index contributed by atoms with van der Waals surface area (Å²) >= 11 is 0. The molecule has 0 aromatic carbocycles. The zero-order valence-electron chi connectivity index (χ0n) is 9.60. The molecule has 1 fully saturated rings. The second-order valence-corrected chi connectivity index (χ2v) is 4.24. The van der Waals surface area contributed by atoms with Crippen molar-refractivity contribution >= 4 is 5.78 Å². The van der Waals surface area contributed by atoms with Crippen LogP contribution in [0.4, 0.5) is 0 Å². The van der Waals surface area contributed by atoms with Gasteiger partial charge < -0.3 is 14.1 Å². The quantitative estimate of drug-likeness (QED) is 0.735. The molecular formula is C11H16N2O3. The van der Waals surface area contributed by atoms with Crippen LogP contribution in [0.5, 0.6) is 0 Å². The van der Waals surface area contributed by atoms with Crippen LogP contribution >= 0.6 is 0 Å². The number of carbonyl (C=O) groups is 1. The molecule has 1 atom stereocenters. The molecule has 88 valence electrons. The number of carbonyl (C=O) groups excluding carboxylic acids is 1. The topological polar surface area (TPSA) is 65.2 Å². The van der Waals surface area contributed by atoms with E-state index in [1.807, 2.05) is 0 Å². The third kappa shape index (κ3) is 2.66. The highest BCUT2D eigenvalue weighted by Crippen LogP contribution is 2.41. The Bertz CT molecular complexity index is 371. The Morgan fingerprint density at radius 2 is 2.38 bits per heavy atom. The van der Waals surface area contributed by atoms with Crippen LogP contribution in [0.1, 0.15) is 44.0 Å². The number of ketones is 1. The van der Waals surface area contributed by atoms with E-state index in [4.69, 9.17) is 9.26 Å². The minimum Gasteiger partial charge on any atom is -0.373 e. The normalized spacial score (nSPS) is 17.4.